The van der Waals surface area contributed by atoms with E-state index in [-0.39, 0.29) is 12.0 Å². The number of aliphatic hydroxyl groups is 1. The van der Waals surface area contributed by atoms with Crippen LogP contribution in [0.2, 0.25) is 0 Å². The van der Waals surface area contributed by atoms with E-state index in [2.05, 4.69) is 11.3 Å². The summed E-state index contributed by atoms with van der Waals surface area (Å²) in [7, 11) is 0. The standard InChI is InChI=1S/C9H15NO5/c1-4-9(5-11,10(13)14)6-15-8(12)7(2)3/h11H,2,4-6H2,1,3H3. The Labute approximate surface area is 87.7 Å². The van der Waals surface area contributed by atoms with E-state index in [1.54, 1.807) is 6.92 Å². The SMILES string of the molecule is C=C(C)C(=O)OCC(CC)(CO)[N+](=O)[O-]. The number of nitrogens with zero attached hydrogens (tertiary/aromatic N) is 1. The molecule has 0 rings (SSSR count). The van der Waals surface area contributed by atoms with Gasteiger partial charge in [0.05, 0.1) is 0 Å². The molecule has 15 heavy (non-hydrogen) atoms. The molecule has 0 bridgehead atoms. The minimum atomic E-state index is -1.61. The Hall–Kier alpha value is -1.43. The molecule has 0 spiro atoms. The fourth-order valence-electron chi connectivity index (χ4n) is 0.822. The Kier molecular flexibility index (Phi) is 4.93. The maximum atomic E-state index is 11.0. The quantitative estimate of drug-likeness (QED) is 0.303. The maximum absolute atomic E-state index is 11.0. The predicted molar refractivity (Wildman–Crippen MR) is 52.9 cm³/mol. The van der Waals surface area contributed by atoms with Gasteiger partial charge >= 0.3 is 5.97 Å². The zero-order valence-electron chi connectivity index (χ0n) is 8.86. The Bertz CT molecular complexity index is 270. The molecule has 0 aromatic heterocycles. The van der Waals surface area contributed by atoms with Crippen molar-refractivity contribution in [3.05, 3.63) is 22.3 Å². The first-order chi connectivity index (χ1) is 6.89. The second kappa shape index (κ2) is 5.45. The molecule has 6 nitrogen and oxygen atoms in total. The van der Waals surface area contributed by atoms with Crippen molar-refractivity contribution < 1.29 is 19.6 Å². The highest BCUT2D eigenvalue weighted by Crippen LogP contribution is 2.15. The largest absolute Gasteiger partial charge is 0.455 e. The normalized spacial score (nSPS) is 14.1. The van der Waals surface area contributed by atoms with Gasteiger partial charge < -0.3 is 9.84 Å². The summed E-state index contributed by atoms with van der Waals surface area (Å²) < 4.78 is 4.67. The first-order valence-electron chi connectivity index (χ1n) is 4.47. The molecule has 1 unspecified atom stereocenters. The van der Waals surface area contributed by atoms with Gasteiger partial charge in [-0.15, -0.1) is 0 Å². The molecule has 0 aliphatic carbocycles. The summed E-state index contributed by atoms with van der Waals surface area (Å²) >= 11 is 0. The Morgan fingerprint density at radius 3 is 2.47 bits per heavy atom. The zero-order valence-corrected chi connectivity index (χ0v) is 8.86. The summed E-state index contributed by atoms with van der Waals surface area (Å²) in [5.74, 6) is -0.692. The van der Waals surface area contributed by atoms with Crippen LogP contribution in [0.5, 0.6) is 0 Å². The zero-order chi connectivity index (χ0) is 12.1. The molecule has 0 fully saturated rings. The number of rotatable bonds is 6. The third-order valence-corrected chi connectivity index (χ3v) is 2.16. The molecule has 1 N–H and O–H groups in total. The molecule has 0 heterocycles. The predicted octanol–water partition coefficient (Wildman–Crippen LogP) is 0.523. The van der Waals surface area contributed by atoms with Crippen LogP contribution < -0.4 is 0 Å². The Morgan fingerprint density at radius 2 is 2.20 bits per heavy atom. The van der Waals surface area contributed by atoms with Crippen molar-refractivity contribution >= 4 is 5.97 Å². The van der Waals surface area contributed by atoms with Crippen molar-refractivity contribution in [2.45, 2.75) is 25.8 Å². The fraction of sp³-hybridized carbons (Fsp3) is 0.667. The molecule has 0 saturated heterocycles. The number of nitro groups is 1. The Morgan fingerprint density at radius 1 is 1.67 bits per heavy atom. The maximum Gasteiger partial charge on any atom is 0.333 e. The summed E-state index contributed by atoms with van der Waals surface area (Å²) in [5, 5.41) is 19.6. The summed E-state index contributed by atoms with van der Waals surface area (Å²) in [6.45, 7) is 5.23. The molecule has 6 heteroatoms. The van der Waals surface area contributed by atoms with Crippen LogP contribution in [0.3, 0.4) is 0 Å². The third kappa shape index (κ3) is 3.32. The third-order valence-electron chi connectivity index (χ3n) is 2.16. The molecule has 0 saturated carbocycles. The van der Waals surface area contributed by atoms with Crippen LogP contribution in [0.1, 0.15) is 20.3 Å². The van der Waals surface area contributed by atoms with Crippen LogP contribution in [0.25, 0.3) is 0 Å². The lowest BCUT2D eigenvalue weighted by molar-refractivity contribution is -0.577. The number of hydrogen-bond donors (Lipinski definition) is 1. The molecule has 86 valence electrons. The molecule has 0 amide bonds. The van der Waals surface area contributed by atoms with Gasteiger partial charge in [-0.2, -0.15) is 0 Å². The van der Waals surface area contributed by atoms with Crippen LogP contribution in [0.4, 0.5) is 0 Å². The number of hydrogen-bond acceptors (Lipinski definition) is 5. The minimum Gasteiger partial charge on any atom is -0.455 e. The smallest absolute Gasteiger partial charge is 0.333 e. The molecule has 0 aromatic rings. The van der Waals surface area contributed by atoms with Gasteiger partial charge in [0.15, 0.2) is 6.61 Å². The van der Waals surface area contributed by atoms with E-state index < -0.39 is 29.6 Å². The lowest BCUT2D eigenvalue weighted by Gasteiger charge is -2.21. The van der Waals surface area contributed by atoms with E-state index in [0.29, 0.717) is 0 Å². The molecule has 0 aromatic carbocycles. The fourth-order valence-corrected chi connectivity index (χ4v) is 0.822. The van der Waals surface area contributed by atoms with Crippen molar-refractivity contribution in [3.63, 3.8) is 0 Å². The van der Waals surface area contributed by atoms with E-state index in [4.69, 9.17) is 5.11 Å². The second-order valence-electron chi connectivity index (χ2n) is 3.35. The highest BCUT2D eigenvalue weighted by atomic mass is 16.6. The molecule has 1 atom stereocenters. The van der Waals surface area contributed by atoms with Crippen LogP contribution in [0, 0.1) is 10.1 Å². The van der Waals surface area contributed by atoms with Crippen molar-refractivity contribution in [2.24, 2.45) is 0 Å². The highest BCUT2D eigenvalue weighted by molar-refractivity contribution is 5.86. The highest BCUT2D eigenvalue weighted by Gasteiger charge is 2.42. The van der Waals surface area contributed by atoms with E-state index in [9.17, 15) is 14.9 Å². The average molecular weight is 217 g/mol. The summed E-state index contributed by atoms with van der Waals surface area (Å²) in [6, 6.07) is 0. The van der Waals surface area contributed by atoms with Gasteiger partial charge in [-0.25, -0.2) is 4.79 Å². The van der Waals surface area contributed by atoms with Gasteiger partial charge in [-0.1, -0.05) is 13.5 Å². The number of carbonyl (C=O) groups is 1. The Balaban J connectivity index is 4.50. The first kappa shape index (κ1) is 13.6. The van der Waals surface area contributed by atoms with Crippen molar-refractivity contribution in [3.8, 4) is 0 Å². The second-order valence-corrected chi connectivity index (χ2v) is 3.35. The van der Waals surface area contributed by atoms with E-state index in [1.807, 2.05) is 0 Å². The van der Waals surface area contributed by atoms with Crippen molar-refractivity contribution in [1.29, 1.82) is 0 Å². The molecular weight excluding hydrogens is 202 g/mol. The molecule has 0 radical (unpaired) electrons. The topological polar surface area (TPSA) is 89.7 Å². The van der Waals surface area contributed by atoms with Gasteiger partial charge in [0.1, 0.15) is 6.61 Å². The summed E-state index contributed by atoms with van der Waals surface area (Å²) in [6.07, 6.45) is 0.0833. The molecular formula is C9H15NO5. The van der Waals surface area contributed by atoms with Gasteiger partial charge in [0.25, 0.3) is 5.54 Å². The van der Waals surface area contributed by atoms with Crippen LogP contribution in [-0.4, -0.2) is 34.8 Å². The van der Waals surface area contributed by atoms with E-state index >= 15 is 0 Å². The number of ether oxygens (including phenoxy) is 1. The van der Waals surface area contributed by atoms with Gasteiger partial charge in [0, 0.05) is 16.9 Å². The van der Waals surface area contributed by atoms with Crippen LogP contribution in [-0.2, 0) is 9.53 Å². The first-order valence-corrected chi connectivity index (χ1v) is 4.47. The lowest BCUT2D eigenvalue weighted by atomic mass is 10.00. The average Bonchev–Trinajstić information content (AvgIpc) is 2.19. The van der Waals surface area contributed by atoms with Crippen LogP contribution >= 0.6 is 0 Å². The van der Waals surface area contributed by atoms with Gasteiger partial charge in [-0.3, -0.25) is 10.1 Å². The van der Waals surface area contributed by atoms with Crippen LogP contribution in [0.15, 0.2) is 12.2 Å². The van der Waals surface area contributed by atoms with E-state index in [1.165, 1.54) is 6.92 Å². The van der Waals surface area contributed by atoms with Crippen molar-refractivity contribution in [1.82, 2.24) is 0 Å². The summed E-state index contributed by atoms with van der Waals surface area (Å²) in [5.41, 5.74) is -1.44. The monoisotopic (exact) mass is 217 g/mol. The van der Waals surface area contributed by atoms with Crippen molar-refractivity contribution in [2.75, 3.05) is 13.2 Å². The number of esters is 1. The van der Waals surface area contributed by atoms with Gasteiger partial charge in [0.2, 0.25) is 0 Å². The summed E-state index contributed by atoms with van der Waals surface area (Å²) in [4.78, 5) is 21.1. The molecule has 0 aliphatic heterocycles. The number of carbonyl (C=O) groups excluding carboxylic acids is 1. The lowest BCUT2D eigenvalue weighted by Crippen LogP contribution is -2.46. The minimum absolute atomic E-state index is 0.0833. The molecule has 0 aliphatic rings. The number of aliphatic hydroxyl groups excluding tert-OH is 1. The van der Waals surface area contributed by atoms with Gasteiger partial charge in [-0.05, 0) is 6.92 Å². The van der Waals surface area contributed by atoms with E-state index in [0.717, 1.165) is 0 Å².